The van der Waals surface area contributed by atoms with E-state index in [0.717, 1.165) is 44.4 Å². The zero-order valence-electron chi connectivity index (χ0n) is 12.1. The lowest BCUT2D eigenvalue weighted by molar-refractivity contribution is 0.270. The molecule has 4 nitrogen and oxygen atoms in total. The fraction of sp³-hybridized carbons (Fsp3) is 0.733. The van der Waals surface area contributed by atoms with Crippen molar-refractivity contribution in [3.05, 3.63) is 17.6 Å². The topological polar surface area (TPSA) is 32.3 Å². The summed E-state index contributed by atoms with van der Waals surface area (Å²) < 4.78 is 0. The van der Waals surface area contributed by atoms with E-state index in [0.29, 0.717) is 5.92 Å². The maximum Gasteiger partial charge on any atom is 0.132 e. The Kier molecular flexibility index (Phi) is 3.69. The number of likely N-dealkylation sites (N-methyl/N-ethyl adjacent to an activating group) is 1. The second kappa shape index (κ2) is 5.45. The smallest absolute Gasteiger partial charge is 0.132 e. The van der Waals surface area contributed by atoms with Gasteiger partial charge in [0.2, 0.25) is 0 Å². The standard InChI is InChI=1S/C15H24N4/c1-3-18-7-9-19(10-8-18)15-11-14(13-5-4-6-13)16-12(2)17-15/h11,13H,3-10H2,1-2H3. The van der Waals surface area contributed by atoms with Crippen molar-refractivity contribution in [3.8, 4) is 0 Å². The molecule has 1 saturated carbocycles. The van der Waals surface area contributed by atoms with E-state index >= 15 is 0 Å². The second-order valence-electron chi connectivity index (χ2n) is 5.75. The summed E-state index contributed by atoms with van der Waals surface area (Å²) >= 11 is 0. The highest BCUT2D eigenvalue weighted by Crippen LogP contribution is 2.36. The molecule has 3 rings (SSSR count). The van der Waals surface area contributed by atoms with Gasteiger partial charge in [-0.15, -0.1) is 0 Å². The van der Waals surface area contributed by atoms with Crippen LogP contribution >= 0.6 is 0 Å². The number of nitrogens with zero attached hydrogens (tertiary/aromatic N) is 4. The number of rotatable bonds is 3. The van der Waals surface area contributed by atoms with Crippen LogP contribution in [0.1, 0.15) is 43.6 Å². The third-order valence-corrected chi connectivity index (χ3v) is 4.51. The number of hydrogen-bond acceptors (Lipinski definition) is 4. The number of piperazine rings is 1. The van der Waals surface area contributed by atoms with Crippen LogP contribution < -0.4 is 4.90 Å². The lowest BCUT2D eigenvalue weighted by Gasteiger charge is -2.35. The first kappa shape index (κ1) is 12.9. The van der Waals surface area contributed by atoms with Gasteiger partial charge in [-0.1, -0.05) is 13.3 Å². The van der Waals surface area contributed by atoms with Crippen LogP contribution in [-0.2, 0) is 0 Å². The molecule has 19 heavy (non-hydrogen) atoms. The average molecular weight is 260 g/mol. The SMILES string of the molecule is CCN1CCN(c2cc(C3CCC3)nc(C)n2)CC1. The van der Waals surface area contributed by atoms with Crippen molar-refractivity contribution in [2.45, 2.75) is 39.0 Å². The quantitative estimate of drug-likeness (QED) is 0.834. The van der Waals surface area contributed by atoms with Crippen molar-refractivity contribution < 1.29 is 0 Å². The molecule has 0 N–H and O–H groups in total. The van der Waals surface area contributed by atoms with Crippen LogP contribution in [0, 0.1) is 6.92 Å². The van der Waals surface area contributed by atoms with Gasteiger partial charge in [-0.25, -0.2) is 9.97 Å². The third kappa shape index (κ3) is 2.73. The second-order valence-corrected chi connectivity index (χ2v) is 5.75. The van der Waals surface area contributed by atoms with E-state index in [9.17, 15) is 0 Å². The van der Waals surface area contributed by atoms with Crippen molar-refractivity contribution in [2.75, 3.05) is 37.6 Å². The Hall–Kier alpha value is -1.16. The molecule has 4 heteroatoms. The minimum Gasteiger partial charge on any atom is -0.354 e. The van der Waals surface area contributed by atoms with Crippen molar-refractivity contribution in [1.29, 1.82) is 0 Å². The summed E-state index contributed by atoms with van der Waals surface area (Å²) in [7, 11) is 0. The first-order valence-corrected chi connectivity index (χ1v) is 7.59. The Morgan fingerprint density at radius 3 is 2.47 bits per heavy atom. The number of aryl methyl sites for hydroxylation is 1. The summed E-state index contributed by atoms with van der Waals surface area (Å²) in [5.74, 6) is 2.76. The molecule has 0 atom stereocenters. The molecule has 1 aliphatic carbocycles. The maximum absolute atomic E-state index is 4.65. The van der Waals surface area contributed by atoms with E-state index in [-0.39, 0.29) is 0 Å². The van der Waals surface area contributed by atoms with Gasteiger partial charge in [-0.05, 0) is 26.3 Å². The molecule has 1 aromatic heterocycles. The highest BCUT2D eigenvalue weighted by molar-refractivity contribution is 5.41. The van der Waals surface area contributed by atoms with Crippen molar-refractivity contribution in [2.24, 2.45) is 0 Å². The van der Waals surface area contributed by atoms with Crippen LogP contribution in [-0.4, -0.2) is 47.6 Å². The van der Waals surface area contributed by atoms with Gasteiger partial charge in [0.25, 0.3) is 0 Å². The van der Waals surface area contributed by atoms with Gasteiger partial charge < -0.3 is 9.80 Å². The molecule has 0 bridgehead atoms. The van der Waals surface area contributed by atoms with Gasteiger partial charge in [-0.2, -0.15) is 0 Å². The minimum atomic E-state index is 0.692. The van der Waals surface area contributed by atoms with E-state index in [4.69, 9.17) is 0 Å². The molecule has 2 aliphatic rings. The largest absolute Gasteiger partial charge is 0.354 e. The van der Waals surface area contributed by atoms with E-state index in [1.54, 1.807) is 0 Å². The van der Waals surface area contributed by atoms with Gasteiger partial charge in [0.1, 0.15) is 11.6 Å². The van der Waals surface area contributed by atoms with Crippen LogP contribution in [0.2, 0.25) is 0 Å². The van der Waals surface area contributed by atoms with Crippen molar-refractivity contribution >= 4 is 5.82 Å². The van der Waals surface area contributed by atoms with Crippen LogP contribution in [0.25, 0.3) is 0 Å². The number of anilines is 1. The highest BCUT2D eigenvalue weighted by Gasteiger charge is 2.23. The Labute approximate surface area is 115 Å². The molecule has 2 heterocycles. The van der Waals surface area contributed by atoms with E-state index < -0.39 is 0 Å². The zero-order chi connectivity index (χ0) is 13.2. The molecule has 1 saturated heterocycles. The van der Waals surface area contributed by atoms with E-state index in [1.807, 2.05) is 6.92 Å². The summed E-state index contributed by atoms with van der Waals surface area (Å²) in [6, 6.07) is 2.23. The molecule has 0 radical (unpaired) electrons. The average Bonchev–Trinajstić information content (AvgIpc) is 2.36. The number of hydrogen-bond donors (Lipinski definition) is 0. The summed E-state index contributed by atoms with van der Waals surface area (Å²) in [4.78, 5) is 14.2. The predicted octanol–water partition coefficient (Wildman–Crippen LogP) is 2.19. The van der Waals surface area contributed by atoms with Crippen LogP contribution in [0.15, 0.2) is 6.07 Å². The van der Waals surface area contributed by atoms with Gasteiger partial charge in [0, 0.05) is 43.9 Å². The first-order valence-electron chi connectivity index (χ1n) is 7.59. The Morgan fingerprint density at radius 1 is 1.16 bits per heavy atom. The maximum atomic E-state index is 4.65. The molecule has 0 spiro atoms. The monoisotopic (exact) mass is 260 g/mol. The molecule has 104 valence electrons. The van der Waals surface area contributed by atoms with Gasteiger partial charge in [-0.3, -0.25) is 0 Å². The van der Waals surface area contributed by atoms with Gasteiger partial charge >= 0.3 is 0 Å². The van der Waals surface area contributed by atoms with E-state index in [1.165, 1.54) is 25.0 Å². The molecular weight excluding hydrogens is 236 g/mol. The summed E-state index contributed by atoms with van der Waals surface area (Å²) in [6.07, 6.45) is 3.97. The Bertz CT molecular complexity index is 434. The lowest BCUT2D eigenvalue weighted by atomic mass is 9.83. The zero-order valence-corrected chi connectivity index (χ0v) is 12.1. The Morgan fingerprint density at radius 2 is 1.89 bits per heavy atom. The van der Waals surface area contributed by atoms with Crippen molar-refractivity contribution in [1.82, 2.24) is 14.9 Å². The molecular formula is C15H24N4. The highest BCUT2D eigenvalue weighted by atomic mass is 15.3. The van der Waals surface area contributed by atoms with Gasteiger partial charge in [0.15, 0.2) is 0 Å². The molecule has 0 aromatic carbocycles. The fourth-order valence-electron chi connectivity index (χ4n) is 2.94. The molecule has 2 fully saturated rings. The predicted molar refractivity (Wildman–Crippen MR) is 77.7 cm³/mol. The number of aromatic nitrogens is 2. The molecule has 0 amide bonds. The van der Waals surface area contributed by atoms with Crippen LogP contribution in [0.4, 0.5) is 5.82 Å². The molecule has 1 aliphatic heterocycles. The lowest BCUT2D eigenvalue weighted by Crippen LogP contribution is -2.46. The Balaban J connectivity index is 1.75. The minimum absolute atomic E-state index is 0.692. The first-order chi connectivity index (χ1) is 9.26. The summed E-state index contributed by atoms with van der Waals surface area (Å²) in [6.45, 7) is 9.90. The van der Waals surface area contributed by atoms with Crippen LogP contribution in [0.5, 0.6) is 0 Å². The normalized spacial score (nSPS) is 21.5. The molecule has 1 aromatic rings. The third-order valence-electron chi connectivity index (χ3n) is 4.51. The van der Waals surface area contributed by atoms with Crippen molar-refractivity contribution in [3.63, 3.8) is 0 Å². The van der Waals surface area contributed by atoms with Crippen LogP contribution in [0.3, 0.4) is 0 Å². The summed E-state index contributed by atoms with van der Waals surface area (Å²) in [5.41, 5.74) is 1.27. The molecule has 0 unspecified atom stereocenters. The fourth-order valence-corrected chi connectivity index (χ4v) is 2.94. The summed E-state index contributed by atoms with van der Waals surface area (Å²) in [5, 5.41) is 0. The van der Waals surface area contributed by atoms with Gasteiger partial charge in [0.05, 0.1) is 0 Å². The van der Waals surface area contributed by atoms with E-state index in [2.05, 4.69) is 32.8 Å².